The van der Waals surface area contributed by atoms with E-state index in [-0.39, 0.29) is 23.8 Å². The number of benzene rings is 1. The van der Waals surface area contributed by atoms with Crippen LogP contribution < -0.4 is 15.9 Å². The molecular weight excluding hydrogens is 362 g/mol. The fraction of sp³-hybridized carbons (Fsp3) is 0.526. The molecule has 1 atom stereocenters. The van der Waals surface area contributed by atoms with Crippen molar-refractivity contribution in [3.05, 3.63) is 35.2 Å². The number of hydrogen-bond donors (Lipinski definition) is 2. The monoisotopic (exact) mass is 391 g/mol. The van der Waals surface area contributed by atoms with Gasteiger partial charge in [0.05, 0.1) is 5.25 Å². The maximum Gasteiger partial charge on any atom is 0.233 e. The Hall–Kier alpha value is -2.22. The predicted octanol–water partition coefficient (Wildman–Crippen LogP) is 3.01. The molecule has 0 saturated heterocycles. The molecule has 0 radical (unpaired) electrons. The third kappa shape index (κ3) is 5.63. The number of nitrogen functional groups attached to an aromatic ring is 1. The van der Waals surface area contributed by atoms with E-state index in [1.807, 2.05) is 33.8 Å². The first-order valence-electron chi connectivity index (χ1n) is 9.08. The van der Waals surface area contributed by atoms with Crippen LogP contribution in [-0.2, 0) is 11.4 Å². The van der Waals surface area contributed by atoms with E-state index in [9.17, 15) is 4.79 Å². The topological polar surface area (TPSA) is 95.1 Å². The summed E-state index contributed by atoms with van der Waals surface area (Å²) in [6, 6.07) is 6.26. The van der Waals surface area contributed by atoms with E-state index < -0.39 is 0 Å². The highest BCUT2D eigenvalue weighted by Gasteiger charge is 2.20. The van der Waals surface area contributed by atoms with Crippen molar-refractivity contribution in [2.45, 2.75) is 70.5 Å². The molecule has 3 N–H and O–H groups in total. The lowest BCUT2D eigenvalue weighted by Gasteiger charge is -2.15. The molecule has 2 aromatic rings. The van der Waals surface area contributed by atoms with Crippen molar-refractivity contribution in [1.82, 2.24) is 20.2 Å². The minimum atomic E-state index is -0.322. The Morgan fingerprint density at radius 1 is 1.26 bits per heavy atom. The highest BCUT2D eigenvalue weighted by atomic mass is 32.2. The van der Waals surface area contributed by atoms with Crippen molar-refractivity contribution in [3.8, 4) is 5.75 Å². The Labute approximate surface area is 165 Å². The molecule has 0 aliphatic heterocycles. The minimum Gasteiger partial charge on any atom is -0.485 e. The van der Waals surface area contributed by atoms with E-state index >= 15 is 0 Å². The van der Waals surface area contributed by atoms with E-state index in [0.29, 0.717) is 16.9 Å². The summed E-state index contributed by atoms with van der Waals surface area (Å²) >= 11 is 1.27. The summed E-state index contributed by atoms with van der Waals surface area (Å²) in [6.45, 7) is 12.2. The zero-order valence-electron chi connectivity index (χ0n) is 16.8. The van der Waals surface area contributed by atoms with Crippen LogP contribution in [0.4, 0.5) is 0 Å². The molecule has 1 amide bonds. The van der Waals surface area contributed by atoms with Crippen LogP contribution in [-0.4, -0.2) is 32.1 Å². The lowest BCUT2D eigenvalue weighted by Crippen LogP contribution is -2.36. The van der Waals surface area contributed by atoms with Gasteiger partial charge in [0.2, 0.25) is 11.1 Å². The maximum atomic E-state index is 12.1. The summed E-state index contributed by atoms with van der Waals surface area (Å²) in [5, 5.41) is 11.2. The Kier molecular flexibility index (Phi) is 7.12. The molecule has 1 heterocycles. The lowest BCUT2D eigenvalue weighted by molar-refractivity contribution is -0.120. The normalized spacial score (nSPS) is 12.4. The number of nitrogens with zero attached hydrogens (tertiary/aromatic N) is 3. The highest BCUT2D eigenvalue weighted by Crippen LogP contribution is 2.28. The van der Waals surface area contributed by atoms with Crippen LogP contribution in [0.1, 0.15) is 57.5 Å². The van der Waals surface area contributed by atoms with Crippen molar-refractivity contribution in [2.75, 3.05) is 5.84 Å². The summed E-state index contributed by atoms with van der Waals surface area (Å²) in [5.74, 6) is 7.73. The Morgan fingerprint density at radius 3 is 2.59 bits per heavy atom. The molecule has 7 nitrogen and oxygen atoms in total. The maximum absolute atomic E-state index is 12.1. The van der Waals surface area contributed by atoms with Gasteiger partial charge in [0, 0.05) is 6.04 Å². The second kappa shape index (κ2) is 9.12. The van der Waals surface area contributed by atoms with Crippen LogP contribution in [0.25, 0.3) is 0 Å². The summed E-state index contributed by atoms with van der Waals surface area (Å²) < 4.78 is 7.36. The van der Waals surface area contributed by atoms with E-state index in [1.165, 1.54) is 16.4 Å². The lowest BCUT2D eigenvalue weighted by atomic mass is 10.0. The van der Waals surface area contributed by atoms with Crippen LogP contribution in [0.5, 0.6) is 5.75 Å². The van der Waals surface area contributed by atoms with Crippen molar-refractivity contribution < 1.29 is 9.53 Å². The van der Waals surface area contributed by atoms with Crippen LogP contribution in [0.3, 0.4) is 0 Å². The summed E-state index contributed by atoms with van der Waals surface area (Å²) in [7, 11) is 0. The zero-order chi connectivity index (χ0) is 20.1. The molecule has 0 aliphatic rings. The molecule has 0 fully saturated rings. The van der Waals surface area contributed by atoms with Crippen molar-refractivity contribution in [2.24, 2.45) is 0 Å². The summed E-state index contributed by atoms with van der Waals surface area (Å²) in [5.41, 5.74) is 2.27. The number of aryl methyl sites for hydroxylation is 1. The van der Waals surface area contributed by atoms with E-state index in [2.05, 4.69) is 41.5 Å². The molecule has 27 heavy (non-hydrogen) atoms. The third-order valence-corrected chi connectivity index (χ3v) is 5.02. The van der Waals surface area contributed by atoms with E-state index in [1.54, 1.807) is 0 Å². The van der Waals surface area contributed by atoms with Gasteiger partial charge in [0.15, 0.2) is 5.82 Å². The SMILES string of the molecule is Cc1ccc(C(C)C)c(OCc2nnc(SC(C)C(=O)NC(C)C)n2N)c1. The molecule has 1 unspecified atom stereocenters. The average molecular weight is 392 g/mol. The molecular formula is C19H29N5O2S. The number of hydrogen-bond acceptors (Lipinski definition) is 6. The fourth-order valence-corrected chi connectivity index (χ4v) is 3.28. The minimum absolute atomic E-state index is 0.0582. The van der Waals surface area contributed by atoms with E-state index in [0.717, 1.165) is 16.9 Å². The van der Waals surface area contributed by atoms with Gasteiger partial charge in [-0.15, -0.1) is 10.2 Å². The first kappa shape index (κ1) is 21.1. The average Bonchev–Trinajstić information content (AvgIpc) is 2.92. The van der Waals surface area contributed by atoms with Crippen LogP contribution in [0.15, 0.2) is 23.4 Å². The summed E-state index contributed by atoms with van der Waals surface area (Å²) in [4.78, 5) is 12.1. The Balaban J connectivity index is 2.06. The van der Waals surface area contributed by atoms with Gasteiger partial charge in [-0.3, -0.25) is 4.79 Å². The number of thioether (sulfide) groups is 1. The highest BCUT2D eigenvalue weighted by molar-refractivity contribution is 8.00. The van der Waals surface area contributed by atoms with Gasteiger partial charge in [0.25, 0.3) is 0 Å². The van der Waals surface area contributed by atoms with Gasteiger partial charge < -0.3 is 15.9 Å². The number of ether oxygens (including phenoxy) is 1. The van der Waals surface area contributed by atoms with Crippen LogP contribution in [0, 0.1) is 6.92 Å². The zero-order valence-corrected chi connectivity index (χ0v) is 17.6. The molecule has 2 rings (SSSR count). The van der Waals surface area contributed by atoms with Gasteiger partial charge >= 0.3 is 0 Å². The smallest absolute Gasteiger partial charge is 0.233 e. The van der Waals surface area contributed by atoms with Gasteiger partial charge in [-0.2, -0.15) is 0 Å². The molecule has 0 aliphatic carbocycles. The predicted molar refractivity (Wildman–Crippen MR) is 108 cm³/mol. The Morgan fingerprint density at radius 2 is 1.96 bits per heavy atom. The number of amides is 1. The van der Waals surface area contributed by atoms with E-state index in [4.69, 9.17) is 10.6 Å². The fourth-order valence-electron chi connectivity index (χ4n) is 2.49. The number of nitrogens with one attached hydrogen (secondary N) is 1. The van der Waals surface area contributed by atoms with Crippen LogP contribution >= 0.6 is 11.8 Å². The Bertz CT molecular complexity index is 788. The standard InChI is InChI=1S/C19H29N5O2S/c1-11(2)15-8-7-13(5)9-16(15)26-10-17-22-23-19(24(17)20)27-14(6)18(25)21-12(3)4/h7-9,11-12,14H,10,20H2,1-6H3,(H,21,25). The number of nitrogens with two attached hydrogens (primary N) is 1. The first-order valence-corrected chi connectivity index (χ1v) is 9.96. The van der Waals surface area contributed by atoms with Gasteiger partial charge in [-0.05, 0) is 50.8 Å². The number of carbonyl (C=O) groups excluding carboxylic acids is 1. The summed E-state index contributed by atoms with van der Waals surface area (Å²) in [6.07, 6.45) is 0. The largest absolute Gasteiger partial charge is 0.485 e. The van der Waals surface area contributed by atoms with Crippen molar-refractivity contribution in [1.29, 1.82) is 0 Å². The molecule has 0 spiro atoms. The first-order chi connectivity index (χ1) is 12.7. The van der Waals surface area contributed by atoms with Gasteiger partial charge in [-0.1, -0.05) is 37.7 Å². The molecule has 148 valence electrons. The van der Waals surface area contributed by atoms with Crippen molar-refractivity contribution >= 4 is 17.7 Å². The third-order valence-electron chi connectivity index (χ3n) is 3.97. The van der Waals surface area contributed by atoms with Crippen LogP contribution in [0.2, 0.25) is 0 Å². The number of rotatable bonds is 8. The molecule has 1 aromatic carbocycles. The molecule has 1 aromatic heterocycles. The number of carbonyl (C=O) groups is 1. The van der Waals surface area contributed by atoms with Crippen molar-refractivity contribution in [3.63, 3.8) is 0 Å². The van der Waals surface area contributed by atoms with Gasteiger partial charge in [0.1, 0.15) is 12.4 Å². The molecule has 8 heteroatoms. The quantitative estimate of drug-likeness (QED) is 0.530. The second-order valence-corrected chi connectivity index (χ2v) is 8.48. The number of aromatic nitrogens is 3. The molecule has 0 saturated carbocycles. The second-order valence-electron chi connectivity index (χ2n) is 7.18. The van der Waals surface area contributed by atoms with Gasteiger partial charge in [-0.25, -0.2) is 4.68 Å². The molecule has 0 bridgehead atoms.